The van der Waals surface area contributed by atoms with E-state index in [1.165, 1.54) is 12.1 Å². The van der Waals surface area contributed by atoms with Crippen LogP contribution in [0.2, 0.25) is 0 Å². The molecule has 0 saturated heterocycles. The molecule has 4 aromatic rings. The number of benzene rings is 3. The molecule has 158 valence electrons. The molecular weight excluding hydrogens is 449 g/mol. The van der Waals surface area contributed by atoms with Crippen molar-refractivity contribution in [3.8, 4) is 0 Å². The van der Waals surface area contributed by atoms with Gasteiger partial charge in [0.25, 0.3) is 0 Å². The van der Waals surface area contributed by atoms with E-state index in [0.29, 0.717) is 5.39 Å². The van der Waals surface area contributed by atoms with Crippen molar-refractivity contribution in [2.45, 2.75) is 0 Å². The zero-order chi connectivity index (χ0) is 22.4. The SMILES string of the molecule is Fc1cc(F)c(F)c(P(c2ccc3ccccc3n2)c2c(F)c(F)cc(F)c2F)c1F. The lowest BCUT2D eigenvalue weighted by molar-refractivity contribution is 0.461. The first kappa shape index (κ1) is 21.2. The summed E-state index contributed by atoms with van der Waals surface area (Å²) in [6, 6.07) is 8.58. The average molecular weight is 457 g/mol. The van der Waals surface area contributed by atoms with Crippen LogP contribution in [0.25, 0.3) is 10.9 Å². The number of pyridine rings is 1. The van der Waals surface area contributed by atoms with E-state index in [1.807, 2.05) is 0 Å². The second kappa shape index (κ2) is 7.89. The van der Waals surface area contributed by atoms with Gasteiger partial charge in [0.2, 0.25) is 0 Å². The zero-order valence-electron chi connectivity index (χ0n) is 15.0. The normalized spacial score (nSPS) is 11.5. The molecule has 0 aliphatic carbocycles. The van der Waals surface area contributed by atoms with Gasteiger partial charge in [0, 0.05) is 25.4 Å². The Kier molecular flexibility index (Phi) is 5.39. The fraction of sp³-hybridized carbons (Fsp3) is 0. The van der Waals surface area contributed by atoms with Gasteiger partial charge in [0.15, 0.2) is 46.5 Å². The monoisotopic (exact) mass is 457 g/mol. The molecule has 0 saturated carbocycles. The summed E-state index contributed by atoms with van der Waals surface area (Å²) >= 11 is 0. The van der Waals surface area contributed by atoms with Gasteiger partial charge in [0.1, 0.15) is 0 Å². The predicted octanol–water partition coefficient (Wildman–Crippen LogP) is 5.11. The number of nitrogens with zero attached hydrogens (tertiary/aromatic N) is 1. The highest BCUT2D eigenvalue weighted by molar-refractivity contribution is 7.79. The Labute approximate surface area is 170 Å². The fourth-order valence-corrected chi connectivity index (χ4v) is 5.36. The van der Waals surface area contributed by atoms with Crippen LogP contribution >= 0.6 is 7.92 Å². The third-order valence-electron chi connectivity index (χ3n) is 4.44. The summed E-state index contributed by atoms with van der Waals surface area (Å²) in [5.74, 6) is -15.2. The summed E-state index contributed by atoms with van der Waals surface area (Å²) in [5.41, 5.74) is -0.220. The summed E-state index contributed by atoms with van der Waals surface area (Å²) < 4.78 is 114. The largest absolute Gasteiger partial charge is 0.247 e. The molecule has 0 bridgehead atoms. The maximum absolute atomic E-state index is 14.6. The molecule has 0 spiro atoms. The molecule has 0 aliphatic heterocycles. The molecule has 10 heteroatoms. The molecule has 1 aromatic heterocycles. The number of fused-ring (bicyclic) bond motifs is 1. The summed E-state index contributed by atoms with van der Waals surface area (Å²) in [6.07, 6.45) is 0. The molecule has 4 rings (SSSR count). The van der Waals surface area contributed by atoms with Crippen LogP contribution in [0.3, 0.4) is 0 Å². The number of hydrogen-bond donors (Lipinski definition) is 0. The highest BCUT2D eigenvalue weighted by atomic mass is 31.1. The summed E-state index contributed by atoms with van der Waals surface area (Å²) in [7, 11) is -3.24. The maximum Gasteiger partial charge on any atom is 0.170 e. The molecule has 3 aromatic carbocycles. The molecule has 0 aliphatic rings. The van der Waals surface area contributed by atoms with Crippen LogP contribution in [-0.4, -0.2) is 4.98 Å². The van der Waals surface area contributed by atoms with E-state index in [0.717, 1.165) is 6.07 Å². The van der Waals surface area contributed by atoms with Crippen LogP contribution < -0.4 is 16.0 Å². The fourth-order valence-electron chi connectivity index (χ4n) is 3.03. The predicted molar refractivity (Wildman–Crippen MR) is 100 cm³/mol. The highest BCUT2D eigenvalue weighted by Crippen LogP contribution is 2.38. The van der Waals surface area contributed by atoms with Crippen LogP contribution in [0.15, 0.2) is 48.5 Å². The molecule has 0 atom stereocenters. The second-order valence-corrected chi connectivity index (χ2v) is 8.35. The topological polar surface area (TPSA) is 12.9 Å². The van der Waals surface area contributed by atoms with Crippen LogP contribution in [-0.2, 0) is 0 Å². The maximum atomic E-state index is 14.6. The Morgan fingerprint density at radius 3 is 1.48 bits per heavy atom. The molecule has 0 fully saturated rings. The van der Waals surface area contributed by atoms with Crippen LogP contribution in [0.1, 0.15) is 0 Å². The summed E-state index contributed by atoms with van der Waals surface area (Å²) in [5, 5.41) is -2.31. The van der Waals surface area contributed by atoms with Gasteiger partial charge in [-0.25, -0.2) is 40.1 Å². The van der Waals surface area contributed by atoms with Crippen molar-refractivity contribution in [1.29, 1.82) is 0 Å². The molecule has 0 radical (unpaired) electrons. The zero-order valence-corrected chi connectivity index (χ0v) is 15.9. The molecular formula is C21H8F8NP. The van der Waals surface area contributed by atoms with E-state index in [2.05, 4.69) is 4.98 Å². The molecule has 1 nitrogen and oxygen atoms in total. The van der Waals surface area contributed by atoms with Crippen molar-refractivity contribution >= 4 is 34.9 Å². The van der Waals surface area contributed by atoms with Crippen LogP contribution in [0, 0.1) is 46.5 Å². The third-order valence-corrected chi connectivity index (χ3v) is 6.82. The molecule has 1 heterocycles. The van der Waals surface area contributed by atoms with E-state index >= 15 is 0 Å². The molecule has 0 N–H and O–H groups in total. The first-order valence-corrected chi connectivity index (χ1v) is 9.86. The standard InChI is InChI=1S/C21H8F8NP/c22-10-7-11(23)17(27)20(16(10)26)31(21-18(28)12(24)8-13(25)19(21)29)15-6-5-9-3-1-2-4-14(9)30-15/h1-8H. The van der Waals surface area contributed by atoms with Gasteiger partial charge in [-0.2, -0.15) is 0 Å². The first-order valence-electron chi connectivity index (χ1n) is 8.52. The molecule has 0 unspecified atom stereocenters. The van der Waals surface area contributed by atoms with E-state index in [1.54, 1.807) is 18.2 Å². The minimum Gasteiger partial charge on any atom is -0.247 e. The van der Waals surface area contributed by atoms with E-state index in [4.69, 9.17) is 0 Å². The van der Waals surface area contributed by atoms with Crippen molar-refractivity contribution in [2.75, 3.05) is 0 Å². The highest BCUT2D eigenvalue weighted by Gasteiger charge is 2.35. The van der Waals surface area contributed by atoms with Crippen molar-refractivity contribution < 1.29 is 35.1 Å². The smallest absolute Gasteiger partial charge is 0.170 e. The summed E-state index contributed by atoms with van der Waals surface area (Å²) in [4.78, 5) is 4.08. The number of hydrogen-bond acceptors (Lipinski definition) is 1. The van der Waals surface area contributed by atoms with Gasteiger partial charge in [-0.05, 0) is 12.1 Å². The lowest BCUT2D eigenvalue weighted by Gasteiger charge is -2.21. The minimum absolute atomic E-state index is 0.0889. The Morgan fingerprint density at radius 1 is 0.548 bits per heavy atom. The van der Waals surface area contributed by atoms with Gasteiger partial charge >= 0.3 is 0 Å². The van der Waals surface area contributed by atoms with E-state index in [-0.39, 0.29) is 17.6 Å². The van der Waals surface area contributed by atoms with E-state index in [9.17, 15) is 35.1 Å². The lowest BCUT2D eigenvalue weighted by Crippen LogP contribution is -2.33. The van der Waals surface area contributed by atoms with Crippen molar-refractivity contribution in [3.63, 3.8) is 0 Å². The van der Waals surface area contributed by atoms with Crippen molar-refractivity contribution in [3.05, 3.63) is 95.1 Å². The van der Waals surface area contributed by atoms with Gasteiger partial charge < -0.3 is 0 Å². The van der Waals surface area contributed by atoms with Crippen LogP contribution in [0.4, 0.5) is 35.1 Å². The number of halogens is 8. The number of aromatic nitrogens is 1. The Bertz CT molecular complexity index is 1230. The van der Waals surface area contributed by atoms with Crippen molar-refractivity contribution in [1.82, 2.24) is 4.98 Å². The lowest BCUT2D eigenvalue weighted by atomic mass is 10.2. The van der Waals surface area contributed by atoms with Gasteiger partial charge in [-0.1, -0.05) is 24.3 Å². The summed E-state index contributed by atoms with van der Waals surface area (Å²) in [6.45, 7) is 0. The molecule has 31 heavy (non-hydrogen) atoms. The quantitative estimate of drug-likeness (QED) is 0.237. The van der Waals surface area contributed by atoms with Crippen molar-refractivity contribution in [2.24, 2.45) is 0 Å². The molecule has 0 amide bonds. The Morgan fingerprint density at radius 2 is 1.00 bits per heavy atom. The third kappa shape index (κ3) is 3.53. The Balaban J connectivity index is 2.13. The van der Waals surface area contributed by atoms with Gasteiger partial charge in [-0.15, -0.1) is 0 Å². The van der Waals surface area contributed by atoms with Gasteiger partial charge in [-0.3, -0.25) is 0 Å². The number of rotatable bonds is 3. The second-order valence-electron chi connectivity index (χ2n) is 6.33. The van der Waals surface area contributed by atoms with E-state index < -0.39 is 70.5 Å². The number of para-hydroxylation sites is 1. The first-order chi connectivity index (χ1) is 14.7. The minimum atomic E-state index is -3.24. The van der Waals surface area contributed by atoms with Crippen LogP contribution in [0.5, 0.6) is 0 Å². The van der Waals surface area contributed by atoms with Gasteiger partial charge in [0.05, 0.1) is 21.6 Å². The Hall–Kier alpha value is -3.06. The average Bonchev–Trinajstić information content (AvgIpc) is 2.75.